The summed E-state index contributed by atoms with van der Waals surface area (Å²) in [6.07, 6.45) is -5.92. The maximum atomic E-state index is 13.4. The minimum atomic E-state index is -4.79. The highest BCUT2D eigenvalue weighted by Crippen LogP contribution is 2.44. The number of halogens is 3. The Hall–Kier alpha value is -2.66. The van der Waals surface area contributed by atoms with Gasteiger partial charge in [-0.1, -0.05) is 42.0 Å². The average Bonchev–Trinajstić information content (AvgIpc) is 3.14. The van der Waals surface area contributed by atoms with Gasteiger partial charge in [0.2, 0.25) is 0 Å². The van der Waals surface area contributed by atoms with Gasteiger partial charge in [-0.15, -0.1) is 13.2 Å². The summed E-state index contributed by atoms with van der Waals surface area (Å²) >= 11 is 0. The van der Waals surface area contributed by atoms with Crippen LogP contribution in [0.15, 0.2) is 48.5 Å². The number of hydrogen-bond acceptors (Lipinski definition) is 6. The van der Waals surface area contributed by atoms with E-state index in [0.29, 0.717) is 12.1 Å². The molecule has 10 heteroatoms. The summed E-state index contributed by atoms with van der Waals surface area (Å²) in [6.45, 7) is 8.02. The van der Waals surface area contributed by atoms with E-state index in [-0.39, 0.29) is 37.7 Å². The monoisotopic (exact) mass is 537 g/mol. The highest BCUT2D eigenvalue weighted by molar-refractivity contribution is 5.85. The molecule has 0 unspecified atom stereocenters. The summed E-state index contributed by atoms with van der Waals surface area (Å²) in [4.78, 5) is 13.4. The summed E-state index contributed by atoms with van der Waals surface area (Å²) in [6, 6.07) is 13.5. The Morgan fingerprint density at radius 2 is 1.76 bits per heavy atom. The number of benzene rings is 2. The third kappa shape index (κ3) is 7.05. The summed E-state index contributed by atoms with van der Waals surface area (Å²) in [5, 5.41) is 2.89. The Morgan fingerprint density at radius 1 is 1.05 bits per heavy atom. The van der Waals surface area contributed by atoms with Gasteiger partial charge in [-0.25, -0.2) is 0 Å². The number of aryl methyl sites for hydroxylation is 1. The van der Waals surface area contributed by atoms with Crippen molar-refractivity contribution in [3.8, 4) is 5.75 Å². The van der Waals surface area contributed by atoms with Gasteiger partial charge >= 0.3 is 6.36 Å². The van der Waals surface area contributed by atoms with E-state index in [9.17, 15) is 18.0 Å². The van der Waals surface area contributed by atoms with Gasteiger partial charge in [0.05, 0.1) is 25.4 Å². The van der Waals surface area contributed by atoms with E-state index in [1.165, 1.54) is 18.2 Å². The van der Waals surface area contributed by atoms with Gasteiger partial charge in [-0.05, 0) is 51.0 Å². The zero-order valence-corrected chi connectivity index (χ0v) is 22.0. The lowest BCUT2D eigenvalue weighted by Gasteiger charge is -2.43. The lowest BCUT2D eigenvalue weighted by atomic mass is 9.78. The van der Waals surface area contributed by atoms with Crippen molar-refractivity contribution in [3.63, 3.8) is 0 Å². The first-order valence-electron chi connectivity index (χ1n) is 12.7. The van der Waals surface area contributed by atoms with Crippen molar-refractivity contribution in [3.05, 3.63) is 65.2 Å². The quantitative estimate of drug-likeness (QED) is 0.475. The Labute approximate surface area is 220 Å². The molecule has 0 radical (unpaired) electrons. The predicted octanol–water partition coefficient (Wildman–Crippen LogP) is 5.18. The summed E-state index contributed by atoms with van der Waals surface area (Å²) < 4.78 is 67.0. The van der Waals surface area contributed by atoms with E-state index in [0.717, 1.165) is 11.1 Å². The molecule has 0 spiro atoms. The summed E-state index contributed by atoms with van der Waals surface area (Å²) in [7, 11) is 0. The second-order valence-electron chi connectivity index (χ2n) is 10.2. The Balaban J connectivity index is 1.57. The number of alkyl halides is 3. The van der Waals surface area contributed by atoms with Gasteiger partial charge in [-0.3, -0.25) is 4.79 Å². The van der Waals surface area contributed by atoms with Crippen molar-refractivity contribution in [1.29, 1.82) is 0 Å². The molecular formula is C28H34F3NO6. The highest BCUT2D eigenvalue weighted by Gasteiger charge is 2.58. The van der Waals surface area contributed by atoms with Crippen molar-refractivity contribution >= 4 is 5.91 Å². The van der Waals surface area contributed by atoms with Crippen molar-refractivity contribution in [1.82, 2.24) is 5.32 Å². The van der Waals surface area contributed by atoms with Crippen LogP contribution in [0.3, 0.4) is 0 Å². The van der Waals surface area contributed by atoms with Crippen LogP contribution in [0.5, 0.6) is 5.75 Å². The minimum absolute atomic E-state index is 0.0178. The normalized spacial score (nSPS) is 26.6. The number of hydrogen-bond donors (Lipinski definition) is 1. The average molecular weight is 538 g/mol. The number of carbonyl (C=O) groups is 1. The standard InChI is InChI=1S/C28H34F3NO6/c1-5-32-25(33)27(35-17-19-9-6-8-18(2)12-19)14-22(24-23(15-27)37-26(3,4)38-24)34-16-20-10-7-11-21(13-20)36-28(29,30)31/h6-13,22-24H,5,14-17H2,1-4H3,(H,32,33)/t22-,23+,24-,27+/m0/s1. The zero-order chi connectivity index (χ0) is 27.6. The van der Waals surface area contributed by atoms with Crippen LogP contribution in [0.2, 0.25) is 0 Å². The zero-order valence-electron chi connectivity index (χ0n) is 22.0. The molecule has 38 heavy (non-hydrogen) atoms. The fourth-order valence-corrected chi connectivity index (χ4v) is 5.09. The van der Waals surface area contributed by atoms with Crippen LogP contribution in [-0.4, -0.2) is 48.5 Å². The van der Waals surface area contributed by atoms with Crippen LogP contribution in [0.25, 0.3) is 0 Å². The molecular weight excluding hydrogens is 503 g/mol. The van der Waals surface area contributed by atoms with E-state index in [2.05, 4.69) is 10.1 Å². The lowest BCUT2D eigenvalue weighted by molar-refractivity contribution is -0.274. The van der Waals surface area contributed by atoms with Gasteiger partial charge < -0.3 is 29.0 Å². The molecule has 1 saturated carbocycles. The van der Waals surface area contributed by atoms with E-state index < -0.39 is 36.1 Å². The largest absolute Gasteiger partial charge is 0.573 e. The number of likely N-dealkylation sites (N-methyl/N-ethyl adjacent to an activating group) is 1. The molecule has 2 fully saturated rings. The first kappa shape index (κ1) is 28.4. The molecule has 4 atom stereocenters. The van der Waals surface area contributed by atoms with E-state index in [4.69, 9.17) is 18.9 Å². The second kappa shape index (κ2) is 11.2. The van der Waals surface area contributed by atoms with Gasteiger partial charge in [0.1, 0.15) is 11.9 Å². The van der Waals surface area contributed by atoms with Gasteiger partial charge in [0, 0.05) is 19.4 Å². The topological polar surface area (TPSA) is 75.3 Å². The minimum Gasteiger partial charge on any atom is -0.406 e. The predicted molar refractivity (Wildman–Crippen MR) is 132 cm³/mol. The number of fused-ring (bicyclic) bond motifs is 1. The van der Waals surface area contributed by atoms with E-state index in [1.54, 1.807) is 19.9 Å². The highest BCUT2D eigenvalue weighted by atomic mass is 19.4. The lowest BCUT2D eigenvalue weighted by Crippen LogP contribution is -2.60. The molecule has 2 aliphatic rings. The van der Waals surface area contributed by atoms with Crippen molar-refractivity contribution < 1.29 is 41.7 Å². The first-order valence-corrected chi connectivity index (χ1v) is 12.7. The van der Waals surface area contributed by atoms with Crippen LogP contribution in [0, 0.1) is 6.92 Å². The molecule has 0 bridgehead atoms. The number of nitrogens with one attached hydrogen (secondary N) is 1. The summed E-state index contributed by atoms with van der Waals surface area (Å²) in [5.74, 6) is -1.50. The molecule has 4 rings (SSSR count). The molecule has 208 valence electrons. The third-order valence-corrected chi connectivity index (χ3v) is 6.59. The first-order chi connectivity index (χ1) is 17.9. The van der Waals surface area contributed by atoms with Gasteiger partial charge in [0.15, 0.2) is 11.4 Å². The molecule has 2 aromatic carbocycles. The molecule has 1 N–H and O–H groups in total. The Morgan fingerprint density at radius 3 is 2.45 bits per heavy atom. The Kier molecular flexibility index (Phi) is 8.37. The van der Waals surface area contributed by atoms with Crippen LogP contribution in [0.4, 0.5) is 13.2 Å². The van der Waals surface area contributed by atoms with Crippen LogP contribution >= 0.6 is 0 Å². The molecule has 1 saturated heterocycles. The van der Waals surface area contributed by atoms with Crippen molar-refractivity contribution in [2.45, 2.75) is 89.8 Å². The maximum Gasteiger partial charge on any atom is 0.573 e. The fourth-order valence-electron chi connectivity index (χ4n) is 5.09. The fraction of sp³-hybridized carbons (Fsp3) is 0.536. The number of ether oxygens (including phenoxy) is 5. The second-order valence-corrected chi connectivity index (χ2v) is 10.2. The van der Waals surface area contributed by atoms with Crippen LogP contribution in [0.1, 0.15) is 50.3 Å². The third-order valence-electron chi connectivity index (χ3n) is 6.59. The van der Waals surface area contributed by atoms with Crippen LogP contribution < -0.4 is 10.1 Å². The molecule has 2 aromatic rings. The van der Waals surface area contributed by atoms with Crippen molar-refractivity contribution in [2.24, 2.45) is 0 Å². The maximum absolute atomic E-state index is 13.4. The molecule has 0 aromatic heterocycles. The Bertz CT molecular complexity index is 1120. The van der Waals surface area contributed by atoms with Gasteiger partial charge in [0.25, 0.3) is 5.91 Å². The van der Waals surface area contributed by atoms with Crippen molar-refractivity contribution in [2.75, 3.05) is 6.54 Å². The van der Waals surface area contributed by atoms with E-state index >= 15 is 0 Å². The summed E-state index contributed by atoms with van der Waals surface area (Å²) in [5.41, 5.74) is 1.24. The number of amides is 1. The van der Waals surface area contributed by atoms with Gasteiger partial charge in [-0.2, -0.15) is 0 Å². The number of carbonyl (C=O) groups excluding carboxylic acids is 1. The van der Waals surface area contributed by atoms with Crippen LogP contribution in [-0.2, 0) is 37.0 Å². The molecule has 1 aliphatic carbocycles. The SMILES string of the molecule is CCNC(=O)[C@@]1(OCc2cccc(C)c2)C[C@H](OCc2cccc(OC(F)(F)F)c2)[C@@H]2OC(C)(C)O[C@@H]2C1. The molecule has 7 nitrogen and oxygen atoms in total. The van der Waals surface area contributed by atoms with E-state index in [1.807, 2.05) is 38.1 Å². The number of rotatable bonds is 9. The molecule has 1 amide bonds. The molecule has 1 aliphatic heterocycles. The smallest absolute Gasteiger partial charge is 0.406 e. The molecule has 1 heterocycles.